The zero-order valence-electron chi connectivity index (χ0n) is 17.3. The summed E-state index contributed by atoms with van der Waals surface area (Å²) < 4.78 is 8.22. The molecule has 0 unspecified atom stereocenters. The molecular weight excluding hydrogens is 360 g/mol. The number of benzene rings is 3. The summed E-state index contributed by atoms with van der Waals surface area (Å²) >= 11 is 0. The lowest BCUT2D eigenvalue weighted by Crippen LogP contribution is -2.30. The molecule has 29 heavy (non-hydrogen) atoms. The van der Waals surface area contributed by atoms with E-state index in [9.17, 15) is 4.79 Å². The van der Waals surface area contributed by atoms with Crippen LogP contribution in [0.3, 0.4) is 0 Å². The molecule has 4 aromatic rings. The van der Waals surface area contributed by atoms with Crippen LogP contribution in [0.25, 0.3) is 21.8 Å². The van der Waals surface area contributed by atoms with Crippen molar-refractivity contribution in [3.8, 4) is 5.75 Å². The van der Waals surface area contributed by atoms with E-state index in [1.165, 1.54) is 16.4 Å². The van der Waals surface area contributed by atoms with E-state index in [2.05, 4.69) is 41.1 Å². The molecular formula is C25H26N2O2. The van der Waals surface area contributed by atoms with Gasteiger partial charge < -0.3 is 14.6 Å². The summed E-state index contributed by atoms with van der Waals surface area (Å²) in [5.74, 6) is 0.582. The Morgan fingerprint density at radius 2 is 1.76 bits per heavy atom. The summed E-state index contributed by atoms with van der Waals surface area (Å²) in [4.78, 5) is 12.7. The highest BCUT2D eigenvalue weighted by Gasteiger charge is 2.17. The molecule has 0 saturated carbocycles. The van der Waals surface area contributed by atoms with Crippen LogP contribution in [-0.4, -0.2) is 16.6 Å². The van der Waals surface area contributed by atoms with Crippen molar-refractivity contribution in [1.29, 1.82) is 0 Å². The van der Waals surface area contributed by atoms with Crippen molar-refractivity contribution in [2.45, 2.75) is 40.3 Å². The number of rotatable bonds is 5. The Hall–Kier alpha value is -3.27. The van der Waals surface area contributed by atoms with Gasteiger partial charge in [0.25, 0.3) is 5.91 Å². The van der Waals surface area contributed by atoms with Crippen molar-refractivity contribution in [2.24, 2.45) is 0 Å². The standard InChI is InChI=1S/C25H26N2O2/c1-5-27-22-11-7-6-10-20(22)21-15-19(13-14-23(21)27)26-25(28)18(4)29-24-12-8-9-16(2)17(24)3/h6-15,18H,5H2,1-4H3,(H,26,28)/t18-/m1/s1. The van der Waals surface area contributed by atoms with Gasteiger partial charge in [-0.05, 0) is 69.2 Å². The van der Waals surface area contributed by atoms with Gasteiger partial charge >= 0.3 is 0 Å². The summed E-state index contributed by atoms with van der Waals surface area (Å²) in [5, 5.41) is 5.34. The molecule has 4 heteroatoms. The van der Waals surface area contributed by atoms with Crippen molar-refractivity contribution in [3.05, 3.63) is 71.8 Å². The van der Waals surface area contributed by atoms with Crippen LogP contribution in [-0.2, 0) is 11.3 Å². The van der Waals surface area contributed by atoms with Crippen LogP contribution < -0.4 is 10.1 Å². The number of hydrogen-bond acceptors (Lipinski definition) is 2. The fraction of sp³-hybridized carbons (Fsp3) is 0.240. The summed E-state index contributed by atoms with van der Waals surface area (Å²) in [7, 11) is 0. The molecule has 1 N–H and O–H groups in total. The van der Waals surface area contributed by atoms with Gasteiger partial charge in [-0.3, -0.25) is 4.79 Å². The number of nitrogens with zero attached hydrogens (tertiary/aromatic N) is 1. The summed E-state index contributed by atoms with van der Waals surface area (Å²) in [5.41, 5.74) is 5.36. The maximum atomic E-state index is 12.7. The van der Waals surface area contributed by atoms with E-state index < -0.39 is 6.10 Å². The SMILES string of the molecule is CCn1c2ccccc2c2cc(NC(=O)[C@@H](C)Oc3cccc(C)c3C)ccc21. The second-order valence-electron chi connectivity index (χ2n) is 7.44. The van der Waals surface area contributed by atoms with Gasteiger partial charge in [0.1, 0.15) is 5.75 Å². The number of anilines is 1. The van der Waals surface area contributed by atoms with E-state index in [1.807, 2.05) is 50.2 Å². The molecule has 148 valence electrons. The lowest BCUT2D eigenvalue weighted by atomic mass is 10.1. The van der Waals surface area contributed by atoms with Gasteiger partial charge in [0, 0.05) is 34.0 Å². The minimum absolute atomic E-state index is 0.163. The molecule has 1 heterocycles. The topological polar surface area (TPSA) is 43.3 Å². The first kappa shape index (κ1) is 19.1. The van der Waals surface area contributed by atoms with Gasteiger partial charge in [0.15, 0.2) is 6.10 Å². The number of carbonyl (C=O) groups is 1. The Morgan fingerprint density at radius 3 is 2.55 bits per heavy atom. The highest BCUT2D eigenvalue weighted by Crippen LogP contribution is 2.31. The van der Waals surface area contributed by atoms with Crippen LogP contribution >= 0.6 is 0 Å². The van der Waals surface area contributed by atoms with Crippen molar-refractivity contribution < 1.29 is 9.53 Å². The van der Waals surface area contributed by atoms with Gasteiger partial charge in [-0.1, -0.05) is 30.3 Å². The third-order valence-corrected chi connectivity index (χ3v) is 5.58. The molecule has 4 rings (SSSR count). The van der Waals surface area contributed by atoms with E-state index in [0.29, 0.717) is 0 Å². The van der Waals surface area contributed by atoms with Crippen LogP contribution in [0, 0.1) is 13.8 Å². The highest BCUT2D eigenvalue weighted by atomic mass is 16.5. The minimum Gasteiger partial charge on any atom is -0.481 e. The molecule has 0 aliphatic rings. The Morgan fingerprint density at radius 1 is 1.00 bits per heavy atom. The summed E-state index contributed by atoms with van der Waals surface area (Å²) in [6, 6.07) is 20.3. The van der Waals surface area contributed by atoms with Crippen LogP contribution in [0.1, 0.15) is 25.0 Å². The normalized spacial score (nSPS) is 12.3. The lowest BCUT2D eigenvalue weighted by Gasteiger charge is -2.17. The van der Waals surface area contributed by atoms with Crippen LogP contribution in [0.15, 0.2) is 60.7 Å². The number of para-hydroxylation sites is 1. The summed E-state index contributed by atoms with van der Waals surface area (Å²) in [6.07, 6.45) is -0.594. The predicted molar refractivity (Wildman–Crippen MR) is 120 cm³/mol. The van der Waals surface area contributed by atoms with Crippen LogP contribution in [0.4, 0.5) is 5.69 Å². The summed E-state index contributed by atoms with van der Waals surface area (Å²) in [6.45, 7) is 8.87. The molecule has 4 nitrogen and oxygen atoms in total. The third kappa shape index (κ3) is 3.46. The first-order chi connectivity index (χ1) is 14.0. The van der Waals surface area contributed by atoms with Crippen molar-refractivity contribution >= 4 is 33.4 Å². The fourth-order valence-electron chi connectivity index (χ4n) is 3.81. The number of hydrogen-bond donors (Lipinski definition) is 1. The first-order valence-electron chi connectivity index (χ1n) is 10.0. The number of aryl methyl sites for hydroxylation is 2. The molecule has 0 bridgehead atoms. The molecule has 1 atom stereocenters. The quantitative estimate of drug-likeness (QED) is 0.468. The molecule has 1 amide bonds. The van der Waals surface area contributed by atoms with Crippen molar-refractivity contribution in [3.63, 3.8) is 0 Å². The zero-order valence-corrected chi connectivity index (χ0v) is 17.3. The number of ether oxygens (including phenoxy) is 1. The average Bonchev–Trinajstić information content (AvgIpc) is 3.04. The van der Waals surface area contributed by atoms with Crippen molar-refractivity contribution in [1.82, 2.24) is 4.57 Å². The monoisotopic (exact) mass is 386 g/mol. The van der Waals surface area contributed by atoms with E-state index in [1.54, 1.807) is 6.92 Å². The van der Waals surface area contributed by atoms with Crippen molar-refractivity contribution in [2.75, 3.05) is 5.32 Å². The maximum absolute atomic E-state index is 12.7. The van der Waals surface area contributed by atoms with Crippen LogP contribution in [0.2, 0.25) is 0 Å². The third-order valence-electron chi connectivity index (χ3n) is 5.58. The average molecular weight is 386 g/mol. The molecule has 1 aromatic heterocycles. The second kappa shape index (κ2) is 7.63. The van der Waals surface area contributed by atoms with Gasteiger partial charge in [-0.2, -0.15) is 0 Å². The molecule has 0 spiro atoms. The Labute approximate surface area is 171 Å². The molecule has 0 saturated heterocycles. The van der Waals surface area contributed by atoms with Gasteiger partial charge in [0.05, 0.1) is 0 Å². The van der Waals surface area contributed by atoms with Gasteiger partial charge in [-0.15, -0.1) is 0 Å². The largest absolute Gasteiger partial charge is 0.481 e. The van der Waals surface area contributed by atoms with E-state index in [4.69, 9.17) is 4.74 Å². The van der Waals surface area contributed by atoms with Gasteiger partial charge in [0.2, 0.25) is 0 Å². The number of amides is 1. The van der Waals surface area contributed by atoms with E-state index in [-0.39, 0.29) is 5.91 Å². The molecule has 0 radical (unpaired) electrons. The number of carbonyl (C=O) groups excluding carboxylic acids is 1. The second-order valence-corrected chi connectivity index (χ2v) is 7.44. The van der Waals surface area contributed by atoms with E-state index in [0.717, 1.165) is 34.5 Å². The van der Waals surface area contributed by atoms with E-state index >= 15 is 0 Å². The number of fused-ring (bicyclic) bond motifs is 3. The first-order valence-corrected chi connectivity index (χ1v) is 10.0. The molecule has 3 aromatic carbocycles. The molecule has 0 aliphatic heterocycles. The Balaban J connectivity index is 1.59. The zero-order chi connectivity index (χ0) is 20.5. The lowest BCUT2D eigenvalue weighted by molar-refractivity contribution is -0.122. The molecule has 0 aliphatic carbocycles. The predicted octanol–water partition coefficient (Wildman–Crippen LogP) is 5.84. The maximum Gasteiger partial charge on any atom is 0.265 e. The van der Waals surface area contributed by atoms with Gasteiger partial charge in [-0.25, -0.2) is 0 Å². The molecule has 0 fully saturated rings. The highest BCUT2D eigenvalue weighted by molar-refractivity contribution is 6.10. The Bertz CT molecular complexity index is 1210. The fourth-order valence-corrected chi connectivity index (χ4v) is 3.81. The van der Waals surface area contributed by atoms with Crippen LogP contribution in [0.5, 0.6) is 5.75 Å². The number of nitrogens with one attached hydrogen (secondary N) is 1. The Kier molecular flexibility index (Phi) is 5.01. The number of aromatic nitrogens is 1. The minimum atomic E-state index is -0.594. The smallest absolute Gasteiger partial charge is 0.265 e.